The molecule has 0 fully saturated rings. The Balaban J connectivity index is 0.00000300. The van der Waals surface area contributed by atoms with Crippen molar-refractivity contribution in [1.82, 2.24) is 0 Å². The minimum atomic E-state index is -5.04. The average molecular weight is 453 g/mol. The fraction of sp³-hybridized carbons (Fsp3) is 0. The van der Waals surface area contributed by atoms with Gasteiger partial charge in [-0.1, -0.05) is 0 Å². The number of nitrogens with two attached hydrogens (primary N) is 2. The molecule has 149 valence electrons. The SMILES string of the molecule is Nc1cc(S(=O)(=O)O)c(O)c2c1C(=O)c1c(O)c(S(=O)(=O)O)cc(N)c1C2=O.[Na]. The fourth-order valence-corrected chi connectivity index (χ4v) is 4.15. The molecule has 0 aromatic heterocycles. The number of phenolic OH excluding ortho intramolecular Hbond substituents is 2. The number of aromatic hydroxyl groups is 2. The third-order valence-corrected chi connectivity index (χ3v) is 5.79. The van der Waals surface area contributed by atoms with Crippen LogP contribution < -0.4 is 11.5 Å². The van der Waals surface area contributed by atoms with E-state index < -0.39 is 86.7 Å². The molecule has 0 spiro atoms. The molecule has 12 nitrogen and oxygen atoms in total. The van der Waals surface area contributed by atoms with E-state index in [-0.39, 0.29) is 29.6 Å². The number of anilines is 2. The van der Waals surface area contributed by atoms with Crippen LogP contribution >= 0.6 is 0 Å². The molecule has 0 amide bonds. The number of phenols is 2. The molecule has 1 radical (unpaired) electrons. The maximum Gasteiger partial charge on any atom is 0.298 e. The van der Waals surface area contributed by atoms with Crippen molar-refractivity contribution in [3.05, 3.63) is 34.4 Å². The first kappa shape index (κ1) is 23.1. The molecule has 1 aliphatic rings. The van der Waals surface area contributed by atoms with Gasteiger partial charge in [0.2, 0.25) is 11.6 Å². The normalized spacial score (nSPS) is 13.4. The summed E-state index contributed by atoms with van der Waals surface area (Å²) in [5, 5.41) is 20.3. The van der Waals surface area contributed by atoms with E-state index in [9.17, 15) is 36.6 Å². The van der Waals surface area contributed by atoms with Gasteiger partial charge in [0.1, 0.15) is 21.3 Å². The van der Waals surface area contributed by atoms with Crippen molar-refractivity contribution in [3.63, 3.8) is 0 Å². The monoisotopic (exact) mass is 453 g/mol. The van der Waals surface area contributed by atoms with Crippen LogP contribution in [0.4, 0.5) is 11.4 Å². The second kappa shape index (κ2) is 6.94. The van der Waals surface area contributed by atoms with Crippen LogP contribution in [-0.2, 0) is 20.2 Å². The van der Waals surface area contributed by atoms with E-state index in [1.165, 1.54) is 0 Å². The van der Waals surface area contributed by atoms with Crippen LogP contribution in [0.15, 0.2) is 21.9 Å². The molecule has 8 N–H and O–H groups in total. The van der Waals surface area contributed by atoms with E-state index in [2.05, 4.69) is 0 Å². The maximum atomic E-state index is 12.8. The smallest absolute Gasteiger partial charge is 0.298 e. The fourth-order valence-electron chi connectivity index (χ4n) is 2.91. The van der Waals surface area contributed by atoms with Gasteiger partial charge in [0.15, 0.2) is 0 Å². The van der Waals surface area contributed by atoms with E-state index in [1.807, 2.05) is 0 Å². The molecule has 2 aromatic rings. The Morgan fingerprint density at radius 3 is 1.17 bits per heavy atom. The van der Waals surface area contributed by atoms with Crippen LogP contribution in [0.2, 0.25) is 0 Å². The Labute approximate surface area is 184 Å². The zero-order valence-electron chi connectivity index (χ0n) is 14.4. The standard InChI is InChI=1S/C14H10N2O10S2.Na/c15-3-1-5(27(21,22)23)11(17)9-7(3)13(19)10-8(14(9)20)4(16)2-6(12(10)18)28(24,25)26;/h1-2,17-18H,15-16H2,(H,21,22,23)(H,24,25,26);. The van der Waals surface area contributed by atoms with E-state index >= 15 is 0 Å². The minimum absolute atomic E-state index is 0. The largest absolute Gasteiger partial charge is 0.506 e. The van der Waals surface area contributed by atoms with Gasteiger partial charge in [0.25, 0.3) is 20.2 Å². The van der Waals surface area contributed by atoms with Crippen LogP contribution in [0.25, 0.3) is 0 Å². The van der Waals surface area contributed by atoms with E-state index in [1.54, 1.807) is 0 Å². The van der Waals surface area contributed by atoms with Gasteiger partial charge in [0.05, 0.1) is 22.3 Å². The van der Waals surface area contributed by atoms with Crippen molar-refractivity contribution in [2.45, 2.75) is 9.79 Å². The Morgan fingerprint density at radius 1 is 0.655 bits per heavy atom. The molecule has 1 aliphatic carbocycles. The quantitative estimate of drug-likeness (QED) is 0.120. The maximum absolute atomic E-state index is 12.8. The molecule has 0 aliphatic heterocycles. The summed E-state index contributed by atoms with van der Waals surface area (Å²) in [5.41, 5.74) is 6.54. The molecule has 0 bridgehead atoms. The average Bonchev–Trinajstić information content (AvgIpc) is 2.53. The molecule has 0 unspecified atom stereocenters. The number of ketones is 2. The van der Waals surface area contributed by atoms with Crippen molar-refractivity contribution >= 4 is 72.7 Å². The molecule has 15 heteroatoms. The zero-order valence-corrected chi connectivity index (χ0v) is 18.0. The Morgan fingerprint density at radius 2 is 0.931 bits per heavy atom. The molecular weight excluding hydrogens is 443 g/mol. The molecule has 3 rings (SSSR count). The first-order chi connectivity index (χ1) is 12.7. The molecular formula is C14H10N2NaO10S2. The van der Waals surface area contributed by atoms with Gasteiger partial charge in [-0.15, -0.1) is 0 Å². The van der Waals surface area contributed by atoms with Crippen LogP contribution in [0.3, 0.4) is 0 Å². The third kappa shape index (κ3) is 3.38. The van der Waals surface area contributed by atoms with Crippen LogP contribution in [0.1, 0.15) is 31.8 Å². The number of fused-ring (bicyclic) bond motifs is 2. The third-order valence-electron chi connectivity index (χ3n) is 4.05. The summed E-state index contributed by atoms with van der Waals surface area (Å²) < 4.78 is 63.9. The summed E-state index contributed by atoms with van der Waals surface area (Å²) in [6.07, 6.45) is 0. The first-order valence-corrected chi connectivity index (χ1v) is 9.91. The summed E-state index contributed by atoms with van der Waals surface area (Å²) in [7, 11) is -10.1. The van der Waals surface area contributed by atoms with E-state index in [4.69, 9.17) is 20.6 Å². The summed E-state index contributed by atoms with van der Waals surface area (Å²) in [5.74, 6) is -5.11. The summed E-state index contributed by atoms with van der Waals surface area (Å²) in [6, 6.07) is 1.01. The van der Waals surface area contributed by atoms with Crippen LogP contribution in [-0.4, -0.2) is 77.3 Å². The number of carbonyl (C=O) groups excluding carboxylic acids is 2. The van der Waals surface area contributed by atoms with Crippen molar-refractivity contribution in [1.29, 1.82) is 0 Å². The van der Waals surface area contributed by atoms with Gasteiger partial charge in [-0.25, -0.2) is 0 Å². The molecule has 29 heavy (non-hydrogen) atoms. The van der Waals surface area contributed by atoms with Gasteiger partial charge in [-0.2, -0.15) is 16.8 Å². The molecule has 0 atom stereocenters. The summed E-state index contributed by atoms with van der Waals surface area (Å²) in [4.78, 5) is 23.3. The van der Waals surface area contributed by atoms with Crippen LogP contribution in [0, 0.1) is 0 Å². The number of rotatable bonds is 2. The van der Waals surface area contributed by atoms with Crippen molar-refractivity contribution in [2.24, 2.45) is 0 Å². The van der Waals surface area contributed by atoms with Gasteiger partial charge in [0, 0.05) is 40.9 Å². The zero-order chi connectivity index (χ0) is 21.3. The number of hydrogen-bond acceptors (Lipinski definition) is 10. The number of benzene rings is 2. The number of nitrogen functional groups attached to an aromatic ring is 2. The van der Waals surface area contributed by atoms with Gasteiger partial charge >= 0.3 is 0 Å². The predicted octanol–water partition coefficient (Wildman–Crippen LogP) is -0.850. The first-order valence-electron chi connectivity index (χ1n) is 7.03. The summed E-state index contributed by atoms with van der Waals surface area (Å²) >= 11 is 0. The van der Waals surface area contributed by atoms with Crippen molar-refractivity contribution in [2.75, 3.05) is 11.5 Å². The van der Waals surface area contributed by atoms with Gasteiger partial charge < -0.3 is 21.7 Å². The molecule has 0 saturated carbocycles. The number of carbonyl (C=O) groups is 2. The Kier molecular flexibility index (Phi) is 5.53. The molecule has 2 aromatic carbocycles. The van der Waals surface area contributed by atoms with Crippen molar-refractivity contribution < 1.29 is 45.7 Å². The Hall–Kier alpha value is -2.20. The van der Waals surface area contributed by atoms with E-state index in [0.717, 1.165) is 0 Å². The van der Waals surface area contributed by atoms with Gasteiger partial charge in [-0.3, -0.25) is 18.7 Å². The summed E-state index contributed by atoms with van der Waals surface area (Å²) in [6.45, 7) is 0. The number of hydrogen-bond donors (Lipinski definition) is 6. The van der Waals surface area contributed by atoms with Crippen molar-refractivity contribution in [3.8, 4) is 11.5 Å². The van der Waals surface area contributed by atoms with Crippen LogP contribution in [0.5, 0.6) is 11.5 Å². The second-order valence-electron chi connectivity index (χ2n) is 5.73. The van der Waals surface area contributed by atoms with E-state index in [0.29, 0.717) is 12.1 Å². The van der Waals surface area contributed by atoms with Gasteiger partial charge in [-0.05, 0) is 12.1 Å². The predicted molar refractivity (Wildman–Crippen MR) is 97.3 cm³/mol. The minimum Gasteiger partial charge on any atom is -0.506 e. The topological polar surface area (TPSA) is 235 Å². The molecule has 0 heterocycles. The Bertz CT molecular complexity index is 1230. The second-order valence-corrected chi connectivity index (χ2v) is 8.51. The molecule has 0 saturated heterocycles.